The van der Waals surface area contributed by atoms with Gasteiger partial charge in [-0.3, -0.25) is 0 Å². The molecule has 6 rings (SSSR count). The molecular formula is C20H20F3N3. The van der Waals surface area contributed by atoms with Gasteiger partial charge in [0, 0.05) is 11.0 Å². The molecule has 3 nitrogen and oxygen atoms in total. The highest BCUT2D eigenvalue weighted by atomic mass is 19.4. The summed E-state index contributed by atoms with van der Waals surface area (Å²) in [6.45, 7) is 0. The minimum absolute atomic E-state index is 0.0844. The van der Waals surface area contributed by atoms with Crippen LogP contribution in [0.5, 0.6) is 0 Å². The predicted octanol–water partition coefficient (Wildman–Crippen LogP) is 5.03. The van der Waals surface area contributed by atoms with Crippen molar-refractivity contribution in [3.63, 3.8) is 0 Å². The summed E-state index contributed by atoms with van der Waals surface area (Å²) < 4.78 is 40.5. The van der Waals surface area contributed by atoms with Crippen LogP contribution in [-0.2, 0) is 11.6 Å². The van der Waals surface area contributed by atoms with Gasteiger partial charge in [-0.15, -0.1) is 10.2 Å². The predicted molar refractivity (Wildman–Crippen MR) is 90.1 cm³/mol. The summed E-state index contributed by atoms with van der Waals surface area (Å²) >= 11 is 0. The number of halogens is 3. The molecule has 136 valence electrons. The lowest BCUT2D eigenvalue weighted by molar-refractivity contribution is -0.141. The van der Waals surface area contributed by atoms with E-state index in [4.69, 9.17) is 0 Å². The maximum absolute atomic E-state index is 13.5. The first-order valence-electron chi connectivity index (χ1n) is 9.31. The Balaban J connectivity index is 1.63. The highest BCUT2D eigenvalue weighted by Gasteiger charge is 2.53. The molecule has 0 radical (unpaired) electrons. The minimum atomic E-state index is -4.56. The summed E-state index contributed by atoms with van der Waals surface area (Å²) in [5.41, 5.74) is -0.799. The second-order valence-corrected chi connectivity index (χ2v) is 8.39. The Morgan fingerprint density at radius 3 is 1.96 bits per heavy atom. The van der Waals surface area contributed by atoms with Crippen LogP contribution in [0.1, 0.15) is 50.0 Å². The highest BCUT2D eigenvalue weighted by molar-refractivity contribution is 5.62. The van der Waals surface area contributed by atoms with E-state index in [-0.39, 0.29) is 11.1 Å². The summed E-state index contributed by atoms with van der Waals surface area (Å²) in [7, 11) is 0. The third kappa shape index (κ3) is 2.53. The number of hydrogen-bond acceptors (Lipinski definition) is 3. The van der Waals surface area contributed by atoms with E-state index in [2.05, 4.69) is 15.2 Å². The van der Waals surface area contributed by atoms with Crippen LogP contribution in [0.2, 0.25) is 0 Å². The first-order valence-corrected chi connectivity index (χ1v) is 9.31. The average molecular weight is 359 g/mol. The molecule has 1 aromatic heterocycles. The lowest BCUT2D eigenvalue weighted by Crippen LogP contribution is -2.49. The second-order valence-electron chi connectivity index (χ2n) is 8.39. The van der Waals surface area contributed by atoms with E-state index in [9.17, 15) is 13.2 Å². The summed E-state index contributed by atoms with van der Waals surface area (Å²) in [4.78, 5) is 4.51. The molecule has 1 aromatic carbocycles. The van der Waals surface area contributed by atoms with Gasteiger partial charge in [-0.25, -0.2) is 4.98 Å². The largest absolute Gasteiger partial charge is 0.437 e. The maximum atomic E-state index is 13.5. The van der Waals surface area contributed by atoms with Crippen LogP contribution in [0.25, 0.3) is 11.3 Å². The van der Waals surface area contributed by atoms with Gasteiger partial charge >= 0.3 is 6.18 Å². The van der Waals surface area contributed by atoms with Gasteiger partial charge in [0.1, 0.15) is 5.69 Å². The molecule has 0 aliphatic heterocycles. The van der Waals surface area contributed by atoms with Gasteiger partial charge in [0.2, 0.25) is 0 Å². The van der Waals surface area contributed by atoms with Crippen molar-refractivity contribution in [1.82, 2.24) is 15.2 Å². The molecule has 4 bridgehead atoms. The van der Waals surface area contributed by atoms with E-state index in [1.807, 2.05) is 0 Å². The molecule has 6 heteroatoms. The third-order valence-corrected chi connectivity index (χ3v) is 6.52. The van der Waals surface area contributed by atoms with Crippen LogP contribution < -0.4 is 0 Å². The van der Waals surface area contributed by atoms with Gasteiger partial charge in [0.15, 0.2) is 11.5 Å². The van der Waals surface area contributed by atoms with Gasteiger partial charge in [-0.1, -0.05) is 30.3 Å². The van der Waals surface area contributed by atoms with E-state index in [0.29, 0.717) is 29.1 Å². The zero-order valence-electron chi connectivity index (χ0n) is 14.3. The van der Waals surface area contributed by atoms with Crippen LogP contribution in [0.15, 0.2) is 30.3 Å². The van der Waals surface area contributed by atoms with Crippen LogP contribution in [0.3, 0.4) is 0 Å². The Bertz CT molecular complexity index is 797. The first-order chi connectivity index (χ1) is 12.4. The molecule has 0 amide bonds. The lowest BCUT2D eigenvalue weighted by atomic mass is 9.49. The lowest BCUT2D eigenvalue weighted by Gasteiger charge is -2.55. The molecule has 4 fully saturated rings. The minimum Gasteiger partial charge on any atom is -0.228 e. The van der Waals surface area contributed by atoms with E-state index in [1.165, 1.54) is 19.3 Å². The molecular weight excluding hydrogens is 339 g/mol. The fourth-order valence-electron chi connectivity index (χ4n) is 5.92. The van der Waals surface area contributed by atoms with Gasteiger partial charge in [0.25, 0.3) is 0 Å². The van der Waals surface area contributed by atoms with Crippen LogP contribution in [-0.4, -0.2) is 15.2 Å². The fraction of sp³-hybridized carbons (Fsp3) is 0.550. The summed E-state index contributed by atoms with van der Waals surface area (Å²) in [5.74, 6) is 2.55. The number of benzene rings is 1. The van der Waals surface area contributed by atoms with Crippen LogP contribution in [0, 0.1) is 17.8 Å². The molecule has 0 unspecified atom stereocenters. The molecule has 2 aromatic rings. The van der Waals surface area contributed by atoms with Crippen molar-refractivity contribution in [2.75, 3.05) is 0 Å². The monoisotopic (exact) mass is 359 g/mol. The molecule has 0 atom stereocenters. The van der Waals surface area contributed by atoms with Gasteiger partial charge < -0.3 is 0 Å². The Kier molecular flexibility index (Phi) is 3.43. The number of rotatable bonds is 2. The summed E-state index contributed by atoms with van der Waals surface area (Å²) in [5, 5.41) is 7.69. The molecule has 0 spiro atoms. The zero-order chi connectivity index (χ0) is 17.9. The Labute approximate surface area is 150 Å². The van der Waals surface area contributed by atoms with Crippen molar-refractivity contribution < 1.29 is 13.2 Å². The van der Waals surface area contributed by atoms with Crippen molar-refractivity contribution in [2.24, 2.45) is 17.8 Å². The van der Waals surface area contributed by atoms with E-state index in [0.717, 1.165) is 19.3 Å². The molecule has 4 aliphatic rings. The van der Waals surface area contributed by atoms with Gasteiger partial charge in [-0.2, -0.15) is 13.2 Å². The Hall–Kier alpha value is -1.98. The molecule has 0 N–H and O–H groups in total. The number of hydrogen-bond donors (Lipinski definition) is 0. The smallest absolute Gasteiger partial charge is 0.228 e. The van der Waals surface area contributed by atoms with E-state index >= 15 is 0 Å². The quantitative estimate of drug-likeness (QED) is 0.755. The van der Waals surface area contributed by atoms with Crippen molar-refractivity contribution >= 4 is 0 Å². The first kappa shape index (κ1) is 16.2. The standard InChI is InChI=1S/C20H20F3N3/c21-20(22,23)17-16(15-4-2-1-3-5-15)24-18(26-25-17)19-9-12-6-13(10-19)8-14(7-12)11-19/h1-5,12-14H,6-11H2. The van der Waals surface area contributed by atoms with Gasteiger partial charge in [-0.05, 0) is 56.3 Å². The van der Waals surface area contributed by atoms with Crippen molar-refractivity contribution in [3.05, 3.63) is 41.9 Å². The summed E-state index contributed by atoms with van der Waals surface area (Å²) in [6.07, 6.45) is 2.22. The second kappa shape index (κ2) is 5.51. The van der Waals surface area contributed by atoms with Crippen LogP contribution in [0.4, 0.5) is 13.2 Å². The number of alkyl halides is 3. The maximum Gasteiger partial charge on any atom is 0.437 e. The Morgan fingerprint density at radius 1 is 0.846 bits per heavy atom. The molecule has 1 heterocycles. The normalized spacial score (nSPS) is 32.8. The summed E-state index contributed by atoms with van der Waals surface area (Å²) in [6, 6.07) is 8.54. The molecule has 26 heavy (non-hydrogen) atoms. The highest BCUT2D eigenvalue weighted by Crippen LogP contribution is 2.60. The molecule has 4 saturated carbocycles. The molecule has 4 aliphatic carbocycles. The van der Waals surface area contributed by atoms with E-state index < -0.39 is 11.9 Å². The number of nitrogens with zero attached hydrogens (tertiary/aromatic N) is 3. The van der Waals surface area contributed by atoms with Crippen LogP contribution >= 0.6 is 0 Å². The number of aromatic nitrogens is 3. The van der Waals surface area contributed by atoms with Crippen molar-refractivity contribution in [2.45, 2.75) is 50.1 Å². The SMILES string of the molecule is FC(F)(F)c1nnc(C23CC4CC(CC(C4)C2)C3)nc1-c1ccccc1. The average Bonchev–Trinajstić information content (AvgIpc) is 2.60. The Morgan fingerprint density at radius 2 is 1.42 bits per heavy atom. The third-order valence-electron chi connectivity index (χ3n) is 6.52. The zero-order valence-corrected chi connectivity index (χ0v) is 14.3. The topological polar surface area (TPSA) is 38.7 Å². The van der Waals surface area contributed by atoms with Crippen molar-refractivity contribution in [1.29, 1.82) is 0 Å². The van der Waals surface area contributed by atoms with Crippen molar-refractivity contribution in [3.8, 4) is 11.3 Å². The fourth-order valence-corrected chi connectivity index (χ4v) is 5.92. The van der Waals surface area contributed by atoms with Gasteiger partial charge in [0.05, 0.1) is 0 Å². The molecule has 0 saturated heterocycles. The van der Waals surface area contributed by atoms with E-state index in [1.54, 1.807) is 30.3 Å².